The number of carbonyl (C=O) groups excluding carboxylic acids is 1. The molecule has 0 saturated heterocycles. The predicted molar refractivity (Wildman–Crippen MR) is 101 cm³/mol. The minimum Gasteiger partial charge on any atom is -0.384 e. The number of hydrogen-bond donors (Lipinski definition) is 2. The summed E-state index contributed by atoms with van der Waals surface area (Å²) in [6.07, 6.45) is 0. The molecule has 2 aromatic heterocycles. The van der Waals surface area contributed by atoms with Crippen LogP contribution in [0.1, 0.15) is 20.9 Å². The first-order valence-corrected chi connectivity index (χ1v) is 8.82. The average molecular weight is 388 g/mol. The molecule has 0 saturated carbocycles. The molecule has 0 aliphatic carbocycles. The molecule has 132 valence electrons. The number of rotatable bonds is 3. The Morgan fingerprint density at radius 2 is 2.12 bits per heavy atom. The first kappa shape index (κ1) is 18.1. The quantitative estimate of drug-likeness (QED) is 0.672. The molecule has 0 bridgehead atoms. The summed E-state index contributed by atoms with van der Waals surface area (Å²) in [6, 6.07) is 8.66. The van der Waals surface area contributed by atoms with Crippen molar-refractivity contribution in [1.82, 2.24) is 15.1 Å². The van der Waals surface area contributed by atoms with Crippen LogP contribution in [0.15, 0.2) is 35.1 Å². The third-order valence-electron chi connectivity index (χ3n) is 3.59. The minimum absolute atomic E-state index is 0.173. The van der Waals surface area contributed by atoms with Crippen LogP contribution in [-0.4, -0.2) is 27.4 Å². The summed E-state index contributed by atoms with van der Waals surface area (Å²) in [4.78, 5) is 26.3. The van der Waals surface area contributed by atoms with Gasteiger partial charge in [-0.25, -0.2) is 0 Å². The van der Waals surface area contributed by atoms with E-state index in [9.17, 15) is 9.59 Å². The number of aryl methyl sites for hydroxylation is 1. The topological polar surface area (TPSA) is 84.2 Å². The van der Waals surface area contributed by atoms with Crippen LogP contribution in [0.4, 0.5) is 0 Å². The number of carbonyl (C=O) groups is 1. The van der Waals surface area contributed by atoms with Gasteiger partial charge in [-0.05, 0) is 23.8 Å². The number of hydrogen-bond acceptors (Lipinski definition) is 5. The Labute approximate surface area is 158 Å². The lowest BCUT2D eigenvalue weighted by atomic mass is 10.2. The second-order valence-electron chi connectivity index (χ2n) is 5.40. The second-order valence-corrected chi connectivity index (χ2v) is 6.87. The number of nitrogens with zero attached hydrogens (tertiary/aromatic N) is 2. The first-order chi connectivity index (χ1) is 12.5. The van der Waals surface area contributed by atoms with E-state index in [0.29, 0.717) is 20.1 Å². The van der Waals surface area contributed by atoms with Crippen molar-refractivity contribution >= 4 is 39.1 Å². The number of benzene rings is 1. The molecule has 8 heteroatoms. The number of nitrogens with one attached hydrogen (secondary N) is 1. The molecule has 0 spiro atoms. The van der Waals surface area contributed by atoms with E-state index in [1.807, 2.05) is 0 Å². The van der Waals surface area contributed by atoms with E-state index in [0.717, 1.165) is 5.56 Å². The summed E-state index contributed by atoms with van der Waals surface area (Å²) in [5, 5.41) is 16.6. The second kappa shape index (κ2) is 7.70. The largest absolute Gasteiger partial charge is 0.384 e. The van der Waals surface area contributed by atoms with Crippen LogP contribution in [0.5, 0.6) is 0 Å². The molecular formula is C18H14ClN3O3S. The molecule has 2 heterocycles. The number of aliphatic hydroxyl groups excluding tert-OH is 1. The van der Waals surface area contributed by atoms with Crippen molar-refractivity contribution in [1.29, 1.82) is 0 Å². The zero-order chi connectivity index (χ0) is 18.7. The van der Waals surface area contributed by atoms with Crippen molar-refractivity contribution in [2.75, 3.05) is 6.61 Å². The van der Waals surface area contributed by atoms with Gasteiger partial charge in [0, 0.05) is 18.6 Å². The van der Waals surface area contributed by atoms with E-state index in [1.54, 1.807) is 37.4 Å². The van der Waals surface area contributed by atoms with Crippen molar-refractivity contribution in [2.24, 2.45) is 7.05 Å². The summed E-state index contributed by atoms with van der Waals surface area (Å²) in [6.45, 7) is -0.00303. The van der Waals surface area contributed by atoms with Gasteiger partial charge in [0.25, 0.3) is 5.91 Å². The highest BCUT2D eigenvalue weighted by Crippen LogP contribution is 2.21. The molecule has 0 atom stereocenters. The Morgan fingerprint density at radius 3 is 2.81 bits per heavy atom. The van der Waals surface area contributed by atoms with Gasteiger partial charge in [0.2, 0.25) is 5.43 Å². The third-order valence-corrected chi connectivity index (χ3v) is 4.96. The van der Waals surface area contributed by atoms with E-state index in [4.69, 9.17) is 16.7 Å². The fraction of sp³-hybridized carbons (Fsp3) is 0.167. The van der Waals surface area contributed by atoms with Crippen LogP contribution in [-0.2, 0) is 13.6 Å². The lowest BCUT2D eigenvalue weighted by molar-refractivity contribution is 0.0943. The summed E-state index contributed by atoms with van der Waals surface area (Å²) < 4.78 is 1.49. The molecule has 26 heavy (non-hydrogen) atoms. The molecule has 2 N–H and O–H groups in total. The van der Waals surface area contributed by atoms with E-state index >= 15 is 0 Å². The summed E-state index contributed by atoms with van der Waals surface area (Å²) in [7, 11) is 1.66. The number of thiophene rings is 1. The molecule has 0 unspecified atom stereocenters. The molecule has 0 aliphatic heterocycles. The van der Waals surface area contributed by atoms with Gasteiger partial charge >= 0.3 is 0 Å². The van der Waals surface area contributed by atoms with Gasteiger partial charge in [-0.15, -0.1) is 11.3 Å². The molecule has 3 aromatic rings. The smallest absolute Gasteiger partial charge is 0.276 e. The summed E-state index contributed by atoms with van der Waals surface area (Å²) in [5.74, 6) is 4.76. The van der Waals surface area contributed by atoms with Crippen molar-refractivity contribution in [3.8, 4) is 11.8 Å². The highest BCUT2D eigenvalue weighted by atomic mass is 35.5. The molecule has 6 nitrogen and oxygen atoms in total. The Kier molecular flexibility index (Phi) is 5.38. The number of aromatic nitrogens is 2. The maximum absolute atomic E-state index is 12.6. The number of amides is 1. The summed E-state index contributed by atoms with van der Waals surface area (Å²) in [5.41, 5.74) is 0.242. The molecule has 0 radical (unpaired) electrons. The standard InChI is InChI=1S/C18H14ClN3O3S/c1-22-18-14(9-13(26-18)3-2-8-23)16(24)15(21-22)17(25)20-10-11-4-6-12(19)7-5-11/h4-7,9,23H,8,10H2,1H3,(H,20,25). The van der Waals surface area contributed by atoms with E-state index < -0.39 is 11.3 Å². The monoisotopic (exact) mass is 387 g/mol. The Morgan fingerprint density at radius 1 is 1.38 bits per heavy atom. The number of fused-ring (bicyclic) bond motifs is 1. The molecule has 3 rings (SSSR count). The molecule has 1 aromatic carbocycles. The molecule has 1 amide bonds. The van der Waals surface area contributed by atoms with Crippen molar-refractivity contribution in [2.45, 2.75) is 6.54 Å². The van der Waals surface area contributed by atoms with Crippen LogP contribution in [0, 0.1) is 11.8 Å². The van der Waals surface area contributed by atoms with Gasteiger partial charge in [0.05, 0.1) is 10.3 Å². The lowest BCUT2D eigenvalue weighted by Gasteiger charge is -2.06. The first-order valence-electron chi connectivity index (χ1n) is 7.63. The Balaban J connectivity index is 1.89. The van der Waals surface area contributed by atoms with E-state index in [2.05, 4.69) is 22.3 Å². The van der Waals surface area contributed by atoms with Gasteiger partial charge in [-0.1, -0.05) is 35.6 Å². The van der Waals surface area contributed by atoms with E-state index in [-0.39, 0.29) is 18.8 Å². The normalized spacial score (nSPS) is 10.4. The number of halogens is 1. The Bertz CT molecular complexity index is 1090. The zero-order valence-electron chi connectivity index (χ0n) is 13.7. The van der Waals surface area contributed by atoms with Crippen molar-refractivity contribution in [3.63, 3.8) is 0 Å². The maximum Gasteiger partial charge on any atom is 0.276 e. The summed E-state index contributed by atoms with van der Waals surface area (Å²) >= 11 is 7.12. The highest BCUT2D eigenvalue weighted by molar-refractivity contribution is 7.19. The Hall–Kier alpha value is -2.66. The third kappa shape index (κ3) is 3.78. The fourth-order valence-electron chi connectivity index (χ4n) is 2.36. The van der Waals surface area contributed by atoms with Crippen molar-refractivity contribution < 1.29 is 9.90 Å². The van der Waals surface area contributed by atoms with Crippen LogP contribution in [0.2, 0.25) is 5.02 Å². The fourth-order valence-corrected chi connectivity index (χ4v) is 3.43. The van der Waals surface area contributed by atoms with Crippen LogP contribution in [0.25, 0.3) is 10.2 Å². The average Bonchev–Trinajstić information content (AvgIpc) is 3.07. The highest BCUT2D eigenvalue weighted by Gasteiger charge is 2.18. The minimum atomic E-state index is -0.545. The van der Waals surface area contributed by atoms with Gasteiger partial charge in [0.15, 0.2) is 5.69 Å². The molecule has 0 fully saturated rings. The predicted octanol–water partition coefficient (Wildman–Crippen LogP) is 1.92. The van der Waals surface area contributed by atoms with E-state index in [1.165, 1.54) is 16.0 Å². The van der Waals surface area contributed by atoms with Gasteiger partial charge in [-0.2, -0.15) is 5.10 Å². The van der Waals surface area contributed by atoms with Gasteiger partial charge < -0.3 is 10.4 Å². The van der Waals surface area contributed by atoms with Gasteiger partial charge in [-0.3, -0.25) is 14.3 Å². The SMILES string of the molecule is Cn1nc(C(=O)NCc2ccc(Cl)cc2)c(=O)c2cc(C#CCO)sc21. The van der Waals surface area contributed by atoms with Crippen LogP contribution in [0.3, 0.4) is 0 Å². The van der Waals surface area contributed by atoms with Gasteiger partial charge in [0.1, 0.15) is 11.4 Å². The number of aliphatic hydroxyl groups is 1. The zero-order valence-corrected chi connectivity index (χ0v) is 15.3. The maximum atomic E-state index is 12.6. The van der Waals surface area contributed by atoms with Crippen LogP contribution >= 0.6 is 22.9 Å². The molecule has 0 aliphatic rings. The lowest BCUT2D eigenvalue weighted by Crippen LogP contribution is -2.31. The molecular weight excluding hydrogens is 374 g/mol. The van der Waals surface area contributed by atoms with Crippen molar-refractivity contribution in [3.05, 3.63) is 61.7 Å². The van der Waals surface area contributed by atoms with Crippen LogP contribution < -0.4 is 10.7 Å².